The maximum absolute atomic E-state index is 12.2. The van der Waals surface area contributed by atoms with Gasteiger partial charge in [0.25, 0.3) is 5.91 Å². The number of allylic oxidation sites excluding steroid dienone is 2. The second kappa shape index (κ2) is 7.72. The van der Waals surface area contributed by atoms with E-state index in [1.165, 1.54) is 11.8 Å². The van der Waals surface area contributed by atoms with Gasteiger partial charge in [-0.25, -0.2) is 4.99 Å². The molecule has 3 nitrogen and oxygen atoms in total. The van der Waals surface area contributed by atoms with Crippen LogP contribution in [0, 0.1) is 13.8 Å². The number of carbonyl (C=O) groups is 1. The maximum Gasteiger partial charge on any atom is 0.264 e. The Morgan fingerprint density at radius 2 is 1.76 bits per heavy atom. The summed E-state index contributed by atoms with van der Waals surface area (Å²) in [6, 6.07) is 15.7. The third-order valence-corrected chi connectivity index (χ3v) is 4.80. The molecule has 126 valence electrons. The van der Waals surface area contributed by atoms with Gasteiger partial charge in [-0.3, -0.25) is 4.79 Å². The highest BCUT2D eigenvalue weighted by Crippen LogP contribution is 2.30. The smallest absolute Gasteiger partial charge is 0.264 e. The largest absolute Gasteiger partial charge is 0.300 e. The molecule has 0 unspecified atom stereocenters. The van der Waals surface area contributed by atoms with Crippen LogP contribution in [0.3, 0.4) is 0 Å². The molecule has 0 aromatic heterocycles. The van der Waals surface area contributed by atoms with Crippen LogP contribution in [-0.2, 0) is 4.79 Å². The molecule has 0 atom stereocenters. The van der Waals surface area contributed by atoms with Crippen molar-refractivity contribution in [3.8, 4) is 0 Å². The summed E-state index contributed by atoms with van der Waals surface area (Å²) in [4.78, 5) is 17.3. The van der Waals surface area contributed by atoms with E-state index in [1.54, 1.807) is 6.08 Å². The van der Waals surface area contributed by atoms with Crippen LogP contribution in [0.4, 0.5) is 5.69 Å². The highest BCUT2D eigenvalue weighted by Gasteiger charge is 2.24. The van der Waals surface area contributed by atoms with Gasteiger partial charge in [0.15, 0.2) is 5.17 Å². The number of nitrogens with zero attached hydrogens (tertiary/aromatic N) is 1. The van der Waals surface area contributed by atoms with Crippen molar-refractivity contribution in [2.75, 3.05) is 0 Å². The summed E-state index contributed by atoms with van der Waals surface area (Å²) < 4.78 is 0. The third-order valence-electron chi connectivity index (χ3n) is 3.68. The van der Waals surface area contributed by atoms with Crippen molar-refractivity contribution in [1.82, 2.24) is 5.32 Å². The van der Waals surface area contributed by atoms with E-state index in [0.717, 1.165) is 22.4 Å². The van der Waals surface area contributed by atoms with Gasteiger partial charge in [-0.2, -0.15) is 0 Å². The van der Waals surface area contributed by atoms with Gasteiger partial charge in [0, 0.05) is 5.03 Å². The number of rotatable bonds is 3. The van der Waals surface area contributed by atoms with E-state index in [4.69, 9.17) is 11.6 Å². The first kappa shape index (κ1) is 17.5. The minimum Gasteiger partial charge on any atom is -0.300 e. The number of amides is 1. The SMILES string of the molecule is Cc1cccc(C)c1N=C1NC(=O)C(=C/C(Cl)=C/c2ccccc2)S1. The number of nitrogens with one attached hydrogen (secondary N) is 1. The molecule has 0 radical (unpaired) electrons. The molecule has 0 saturated carbocycles. The van der Waals surface area contributed by atoms with E-state index in [-0.39, 0.29) is 5.91 Å². The molecule has 2 aromatic carbocycles. The number of para-hydroxylation sites is 1. The van der Waals surface area contributed by atoms with Crippen LogP contribution in [0.5, 0.6) is 0 Å². The van der Waals surface area contributed by atoms with Crippen LogP contribution in [0.25, 0.3) is 6.08 Å². The molecule has 1 heterocycles. The van der Waals surface area contributed by atoms with Gasteiger partial charge >= 0.3 is 0 Å². The number of amidine groups is 1. The van der Waals surface area contributed by atoms with Crippen molar-refractivity contribution in [3.63, 3.8) is 0 Å². The van der Waals surface area contributed by atoms with E-state index < -0.39 is 0 Å². The molecule has 3 rings (SSSR count). The molecular formula is C20H17ClN2OS. The molecular weight excluding hydrogens is 352 g/mol. The molecule has 0 aliphatic carbocycles. The summed E-state index contributed by atoms with van der Waals surface area (Å²) in [6.07, 6.45) is 3.49. The normalized spacial score (nSPS) is 18.0. The highest BCUT2D eigenvalue weighted by molar-refractivity contribution is 8.18. The number of hydrogen-bond acceptors (Lipinski definition) is 3. The molecule has 1 aliphatic rings. The van der Waals surface area contributed by atoms with Gasteiger partial charge in [-0.05, 0) is 54.5 Å². The third kappa shape index (κ3) is 4.41. The first-order valence-electron chi connectivity index (χ1n) is 7.81. The summed E-state index contributed by atoms with van der Waals surface area (Å²) in [5.74, 6) is -0.186. The number of aliphatic imine (C=N–C) groups is 1. The summed E-state index contributed by atoms with van der Waals surface area (Å²) in [7, 11) is 0. The van der Waals surface area contributed by atoms with Gasteiger partial charge < -0.3 is 5.32 Å². The number of thioether (sulfide) groups is 1. The zero-order valence-corrected chi connectivity index (χ0v) is 15.5. The molecule has 0 bridgehead atoms. The van der Waals surface area contributed by atoms with Crippen LogP contribution in [0.15, 0.2) is 69.5 Å². The highest BCUT2D eigenvalue weighted by atomic mass is 35.5. The maximum atomic E-state index is 12.2. The first-order valence-corrected chi connectivity index (χ1v) is 9.00. The van der Waals surface area contributed by atoms with Crippen LogP contribution in [-0.4, -0.2) is 11.1 Å². The van der Waals surface area contributed by atoms with Crippen molar-refractivity contribution >= 4 is 46.2 Å². The van der Waals surface area contributed by atoms with E-state index in [9.17, 15) is 4.79 Å². The zero-order valence-electron chi connectivity index (χ0n) is 13.9. The van der Waals surface area contributed by atoms with Crippen LogP contribution < -0.4 is 5.32 Å². The average Bonchev–Trinajstić information content (AvgIpc) is 2.91. The molecule has 1 amide bonds. The second-order valence-electron chi connectivity index (χ2n) is 5.66. The quantitative estimate of drug-likeness (QED) is 0.745. The van der Waals surface area contributed by atoms with E-state index >= 15 is 0 Å². The fourth-order valence-electron chi connectivity index (χ4n) is 2.44. The number of carbonyl (C=O) groups excluding carboxylic acids is 1. The molecule has 5 heteroatoms. The molecule has 1 N–H and O–H groups in total. The van der Waals surface area contributed by atoms with Crippen LogP contribution in [0.2, 0.25) is 0 Å². The first-order chi connectivity index (χ1) is 12.0. The molecule has 1 saturated heterocycles. The molecule has 1 fully saturated rings. The Morgan fingerprint density at radius 3 is 2.44 bits per heavy atom. The number of aryl methyl sites for hydroxylation is 2. The van der Waals surface area contributed by atoms with Crippen LogP contribution in [0.1, 0.15) is 16.7 Å². The minimum absolute atomic E-state index is 0.186. The van der Waals surface area contributed by atoms with Gasteiger partial charge in [0.1, 0.15) is 0 Å². The van der Waals surface area contributed by atoms with Crippen molar-refractivity contribution in [3.05, 3.63) is 81.2 Å². The van der Waals surface area contributed by atoms with Crippen molar-refractivity contribution < 1.29 is 4.79 Å². The fraction of sp³-hybridized carbons (Fsp3) is 0.100. The topological polar surface area (TPSA) is 41.5 Å². The predicted octanol–water partition coefficient (Wildman–Crippen LogP) is 5.32. The lowest BCUT2D eigenvalue weighted by Crippen LogP contribution is -2.19. The Labute approximate surface area is 156 Å². The lowest BCUT2D eigenvalue weighted by atomic mass is 10.1. The Balaban J connectivity index is 1.83. The number of hydrogen-bond donors (Lipinski definition) is 1. The lowest BCUT2D eigenvalue weighted by molar-refractivity contribution is -0.115. The van der Waals surface area contributed by atoms with Gasteiger partial charge in [-0.1, -0.05) is 60.1 Å². The lowest BCUT2D eigenvalue weighted by Gasteiger charge is -2.04. The molecule has 0 spiro atoms. The summed E-state index contributed by atoms with van der Waals surface area (Å²) in [5, 5.41) is 3.86. The summed E-state index contributed by atoms with van der Waals surface area (Å²) >= 11 is 7.57. The minimum atomic E-state index is -0.186. The number of benzene rings is 2. The Bertz CT molecular complexity index is 881. The second-order valence-corrected chi connectivity index (χ2v) is 7.13. The Kier molecular flexibility index (Phi) is 5.41. The van der Waals surface area contributed by atoms with Gasteiger partial charge in [0.2, 0.25) is 0 Å². The Morgan fingerprint density at radius 1 is 1.08 bits per heavy atom. The standard InChI is InChI=1S/C20H17ClN2OS/c1-13-7-6-8-14(2)18(13)22-20-23-19(24)17(25-20)12-16(21)11-15-9-4-3-5-10-15/h3-12H,1-2H3,(H,22,23,24)/b16-11-,17-12?. The van der Waals surface area contributed by atoms with E-state index in [1.807, 2.05) is 68.5 Å². The molecule has 25 heavy (non-hydrogen) atoms. The van der Waals surface area contributed by atoms with Crippen molar-refractivity contribution in [2.24, 2.45) is 4.99 Å². The fourth-order valence-corrected chi connectivity index (χ4v) is 3.56. The molecule has 1 aliphatic heterocycles. The Hall–Kier alpha value is -2.30. The van der Waals surface area contributed by atoms with E-state index in [2.05, 4.69) is 10.3 Å². The molecule has 2 aromatic rings. The predicted molar refractivity (Wildman–Crippen MR) is 107 cm³/mol. The van der Waals surface area contributed by atoms with Crippen molar-refractivity contribution in [1.29, 1.82) is 0 Å². The summed E-state index contributed by atoms with van der Waals surface area (Å²) in [5.41, 5.74) is 4.01. The van der Waals surface area contributed by atoms with Gasteiger partial charge in [-0.15, -0.1) is 0 Å². The summed E-state index contributed by atoms with van der Waals surface area (Å²) in [6.45, 7) is 4.01. The van der Waals surface area contributed by atoms with E-state index in [0.29, 0.717) is 15.1 Å². The van der Waals surface area contributed by atoms with Crippen LogP contribution >= 0.6 is 23.4 Å². The number of halogens is 1. The average molecular weight is 369 g/mol. The zero-order chi connectivity index (χ0) is 17.8. The van der Waals surface area contributed by atoms with Gasteiger partial charge in [0.05, 0.1) is 10.6 Å². The van der Waals surface area contributed by atoms with Crippen molar-refractivity contribution in [2.45, 2.75) is 13.8 Å². The monoisotopic (exact) mass is 368 g/mol.